The summed E-state index contributed by atoms with van der Waals surface area (Å²) in [5.41, 5.74) is 1.25. The average molecular weight is 365 g/mol. The number of amides is 1. The number of aromatic nitrogens is 2. The molecule has 0 aliphatic heterocycles. The molecule has 1 aliphatic rings. The minimum absolute atomic E-state index is 0.331. The van der Waals surface area contributed by atoms with Gasteiger partial charge in [0.15, 0.2) is 0 Å². The van der Waals surface area contributed by atoms with Gasteiger partial charge in [-0.3, -0.25) is 9.89 Å². The molecule has 1 fully saturated rings. The minimum atomic E-state index is 0.331. The normalized spacial score (nSPS) is 15.0. The van der Waals surface area contributed by atoms with Gasteiger partial charge in [-0.25, -0.2) is 0 Å². The molecule has 1 aromatic rings. The Labute approximate surface area is 160 Å². The van der Waals surface area contributed by atoms with E-state index in [0.29, 0.717) is 17.7 Å². The lowest BCUT2D eigenvalue weighted by atomic mass is 9.88. The minimum Gasteiger partial charge on any atom is -0.342 e. The topological polar surface area (TPSA) is 52.2 Å². The van der Waals surface area contributed by atoms with Crippen molar-refractivity contribution in [2.24, 2.45) is 11.8 Å². The third-order valence-corrected chi connectivity index (χ3v) is 4.85. The summed E-state index contributed by atoms with van der Waals surface area (Å²) in [5.74, 6) is 1.32. The van der Waals surface area contributed by atoms with Gasteiger partial charge in [-0.2, -0.15) is 5.10 Å². The Bertz CT molecular complexity index is 466. The van der Waals surface area contributed by atoms with Crippen molar-refractivity contribution >= 4 is 5.91 Å². The standard InChI is InChI=1S/C13H25NO.C8H15N3/c1-4-14(10-11(2)3)13(15)12-8-6-5-7-9-12;1-3-4-11(2)7-8-5-9-10-6-8/h11-12H,4-10H2,1-3H3;5-6H,3-4,7H2,1-2H3,(H,9,10). The fourth-order valence-corrected chi connectivity index (χ4v) is 3.56. The van der Waals surface area contributed by atoms with Crippen molar-refractivity contribution in [3.05, 3.63) is 18.0 Å². The lowest BCUT2D eigenvalue weighted by Gasteiger charge is -2.29. The first kappa shape index (κ1) is 22.7. The van der Waals surface area contributed by atoms with E-state index in [-0.39, 0.29) is 0 Å². The van der Waals surface area contributed by atoms with Crippen molar-refractivity contribution < 1.29 is 4.79 Å². The van der Waals surface area contributed by atoms with Crippen LogP contribution in [0.4, 0.5) is 0 Å². The van der Waals surface area contributed by atoms with Crippen molar-refractivity contribution in [1.82, 2.24) is 20.0 Å². The predicted octanol–water partition coefficient (Wildman–Crippen LogP) is 4.32. The number of carbonyl (C=O) groups is 1. The molecule has 150 valence electrons. The number of H-pyrrole nitrogens is 1. The van der Waals surface area contributed by atoms with E-state index >= 15 is 0 Å². The number of nitrogens with one attached hydrogen (secondary N) is 1. The van der Waals surface area contributed by atoms with Crippen LogP contribution in [0.1, 0.15) is 71.8 Å². The van der Waals surface area contributed by atoms with Crippen LogP contribution in [0.3, 0.4) is 0 Å². The van der Waals surface area contributed by atoms with Crippen LogP contribution < -0.4 is 0 Å². The van der Waals surface area contributed by atoms with E-state index < -0.39 is 0 Å². The molecule has 0 radical (unpaired) electrons. The summed E-state index contributed by atoms with van der Waals surface area (Å²) in [6, 6.07) is 0. The fourth-order valence-electron chi connectivity index (χ4n) is 3.56. The first-order chi connectivity index (χ1) is 12.5. The van der Waals surface area contributed by atoms with Gasteiger partial charge in [0.25, 0.3) is 0 Å². The third-order valence-electron chi connectivity index (χ3n) is 4.85. The summed E-state index contributed by atoms with van der Waals surface area (Å²) in [4.78, 5) is 16.5. The molecule has 1 saturated carbocycles. The molecule has 1 aromatic heterocycles. The van der Waals surface area contributed by atoms with E-state index in [1.165, 1.54) is 31.2 Å². The van der Waals surface area contributed by atoms with Gasteiger partial charge in [-0.15, -0.1) is 0 Å². The van der Waals surface area contributed by atoms with Gasteiger partial charge < -0.3 is 9.80 Å². The van der Waals surface area contributed by atoms with Gasteiger partial charge in [0, 0.05) is 37.3 Å². The van der Waals surface area contributed by atoms with Crippen LogP contribution >= 0.6 is 0 Å². The molecule has 2 rings (SSSR count). The van der Waals surface area contributed by atoms with Crippen molar-refractivity contribution in [1.29, 1.82) is 0 Å². The van der Waals surface area contributed by atoms with Gasteiger partial charge in [0.1, 0.15) is 0 Å². The van der Waals surface area contributed by atoms with E-state index in [9.17, 15) is 4.79 Å². The second kappa shape index (κ2) is 12.9. The van der Waals surface area contributed by atoms with E-state index in [1.807, 2.05) is 17.3 Å². The Balaban J connectivity index is 0.000000273. The number of aromatic amines is 1. The molecule has 0 saturated heterocycles. The van der Waals surface area contributed by atoms with Gasteiger partial charge in [-0.05, 0) is 45.7 Å². The highest BCUT2D eigenvalue weighted by Crippen LogP contribution is 2.25. The maximum atomic E-state index is 12.2. The smallest absolute Gasteiger partial charge is 0.225 e. The second-order valence-corrected chi connectivity index (χ2v) is 7.95. The maximum absolute atomic E-state index is 12.2. The van der Waals surface area contributed by atoms with Crippen LogP contribution in [-0.4, -0.2) is 52.6 Å². The number of rotatable bonds is 8. The molecule has 1 N–H and O–H groups in total. The Morgan fingerprint density at radius 2 is 1.96 bits per heavy atom. The number of hydrogen-bond donors (Lipinski definition) is 1. The van der Waals surface area contributed by atoms with Gasteiger partial charge >= 0.3 is 0 Å². The molecule has 1 aliphatic carbocycles. The Kier molecular flexibility index (Phi) is 11.3. The SMILES string of the molecule is CCCN(C)Cc1cn[nH]c1.CCN(CC(C)C)C(=O)C1CCCCC1. The van der Waals surface area contributed by atoms with Crippen LogP contribution in [0.5, 0.6) is 0 Å². The summed E-state index contributed by atoms with van der Waals surface area (Å²) in [5, 5.41) is 6.68. The van der Waals surface area contributed by atoms with E-state index in [4.69, 9.17) is 0 Å². The van der Waals surface area contributed by atoms with E-state index in [2.05, 4.69) is 49.8 Å². The summed E-state index contributed by atoms with van der Waals surface area (Å²) < 4.78 is 0. The lowest BCUT2D eigenvalue weighted by molar-refractivity contribution is -0.136. The quantitative estimate of drug-likeness (QED) is 0.747. The van der Waals surface area contributed by atoms with Crippen molar-refractivity contribution in [3.63, 3.8) is 0 Å². The molecule has 26 heavy (non-hydrogen) atoms. The second-order valence-electron chi connectivity index (χ2n) is 7.95. The van der Waals surface area contributed by atoms with E-state index in [1.54, 1.807) is 0 Å². The predicted molar refractivity (Wildman–Crippen MR) is 109 cm³/mol. The lowest BCUT2D eigenvalue weighted by Crippen LogP contribution is -2.39. The van der Waals surface area contributed by atoms with Crippen LogP contribution in [0.2, 0.25) is 0 Å². The zero-order chi connectivity index (χ0) is 19.4. The Morgan fingerprint density at radius 1 is 1.27 bits per heavy atom. The molecule has 1 amide bonds. The summed E-state index contributed by atoms with van der Waals surface area (Å²) in [6.07, 6.45) is 11.1. The van der Waals surface area contributed by atoms with Crippen LogP contribution in [0, 0.1) is 11.8 Å². The molecular weight excluding hydrogens is 324 g/mol. The Hall–Kier alpha value is -1.36. The van der Waals surface area contributed by atoms with Gasteiger partial charge in [0.2, 0.25) is 5.91 Å². The first-order valence-electron chi connectivity index (χ1n) is 10.4. The molecule has 0 aromatic carbocycles. The molecule has 0 spiro atoms. The molecule has 1 heterocycles. The maximum Gasteiger partial charge on any atom is 0.225 e. The van der Waals surface area contributed by atoms with Crippen LogP contribution in [0.25, 0.3) is 0 Å². The van der Waals surface area contributed by atoms with Crippen molar-refractivity contribution in [3.8, 4) is 0 Å². The molecule has 5 heteroatoms. The molecule has 0 atom stereocenters. The third kappa shape index (κ3) is 8.84. The Morgan fingerprint density at radius 3 is 2.46 bits per heavy atom. The highest BCUT2D eigenvalue weighted by molar-refractivity contribution is 5.78. The van der Waals surface area contributed by atoms with Crippen LogP contribution in [0.15, 0.2) is 12.4 Å². The highest BCUT2D eigenvalue weighted by atomic mass is 16.2. The van der Waals surface area contributed by atoms with Crippen molar-refractivity contribution in [2.45, 2.75) is 72.8 Å². The summed E-state index contributed by atoms with van der Waals surface area (Å²) >= 11 is 0. The number of hydrogen-bond acceptors (Lipinski definition) is 3. The van der Waals surface area contributed by atoms with Gasteiger partial charge in [-0.1, -0.05) is 40.0 Å². The largest absolute Gasteiger partial charge is 0.342 e. The number of carbonyl (C=O) groups excluding carboxylic acids is 1. The average Bonchev–Trinajstić information content (AvgIpc) is 3.13. The van der Waals surface area contributed by atoms with Crippen LogP contribution in [-0.2, 0) is 11.3 Å². The molecular formula is C21H40N4O. The van der Waals surface area contributed by atoms with Gasteiger partial charge in [0.05, 0.1) is 6.20 Å². The first-order valence-corrected chi connectivity index (χ1v) is 10.4. The fraction of sp³-hybridized carbons (Fsp3) is 0.810. The summed E-state index contributed by atoms with van der Waals surface area (Å²) in [6.45, 7) is 12.6. The number of nitrogens with zero attached hydrogens (tertiary/aromatic N) is 3. The monoisotopic (exact) mass is 364 g/mol. The van der Waals surface area contributed by atoms with Crippen molar-refractivity contribution in [2.75, 3.05) is 26.7 Å². The zero-order valence-electron chi connectivity index (χ0n) is 17.6. The zero-order valence-corrected chi connectivity index (χ0v) is 17.6. The summed E-state index contributed by atoms with van der Waals surface area (Å²) in [7, 11) is 2.12. The molecule has 0 bridgehead atoms. The molecule has 5 nitrogen and oxygen atoms in total. The van der Waals surface area contributed by atoms with E-state index in [0.717, 1.165) is 39.0 Å². The molecule has 0 unspecified atom stereocenters. The highest BCUT2D eigenvalue weighted by Gasteiger charge is 2.25.